The maximum atomic E-state index is 13.0. The molecule has 0 N–H and O–H groups in total. The molecule has 0 bridgehead atoms. The van der Waals surface area contributed by atoms with Gasteiger partial charge in [0, 0.05) is 17.1 Å². The first-order valence-corrected chi connectivity index (χ1v) is 11.0. The van der Waals surface area contributed by atoms with Crippen molar-refractivity contribution in [2.24, 2.45) is 0 Å². The number of ether oxygens (including phenoxy) is 1. The zero-order valence-electron chi connectivity index (χ0n) is 16.9. The molecule has 0 spiro atoms. The Bertz CT molecular complexity index is 1390. The van der Waals surface area contributed by atoms with Gasteiger partial charge in [0.2, 0.25) is 5.89 Å². The third-order valence-corrected chi connectivity index (χ3v) is 5.93. The van der Waals surface area contributed by atoms with Crippen LogP contribution >= 0.6 is 22.9 Å². The van der Waals surface area contributed by atoms with Crippen molar-refractivity contribution in [1.82, 2.24) is 25.0 Å². The molecule has 8 nitrogen and oxygen atoms in total. The van der Waals surface area contributed by atoms with Crippen LogP contribution in [0.2, 0.25) is 5.02 Å². The Balaban J connectivity index is 1.40. The SMILES string of the molecule is CCn1ncc2c(C(=O)OCc3nnc(-c4ccc(Cl)cc4)o3)cc(-c3cccs3)nc21. The summed E-state index contributed by atoms with van der Waals surface area (Å²) in [6.45, 7) is 2.45. The van der Waals surface area contributed by atoms with Gasteiger partial charge in [0.15, 0.2) is 12.3 Å². The van der Waals surface area contributed by atoms with E-state index in [0.717, 1.165) is 10.4 Å². The summed E-state index contributed by atoms with van der Waals surface area (Å²) in [5.74, 6) is -0.00310. The zero-order chi connectivity index (χ0) is 22.1. The predicted octanol–water partition coefficient (Wildman–Crippen LogP) is 5.24. The summed E-state index contributed by atoms with van der Waals surface area (Å²) in [5, 5.41) is 15.5. The normalized spacial score (nSPS) is 11.2. The maximum absolute atomic E-state index is 13.0. The molecule has 0 fully saturated rings. The van der Waals surface area contributed by atoms with E-state index in [0.29, 0.717) is 39.7 Å². The van der Waals surface area contributed by atoms with Crippen LogP contribution < -0.4 is 0 Å². The second-order valence-electron chi connectivity index (χ2n) is 6.81. The number of thiophene rings is 1. The molecule has 0 amide bonds. The number of carbonyl (C=O) groups excluding carboxylic acids is 1. The summed E-state index contributed by atoms with van der Waals surface area (Å²) >= 11 is 7.46. The lowest BCUT2D eigenvalue weighted by Crippen LogP contribution is -2.07. The number of hydrogen-bond donors (Lipinski definition) is 0. The van der Waals surface area contributed by atoms with Crippen LogP contribution in [0, 0.1) is 0 Å². The van der Waals surface area contributed by atoms with Gasteiger partial charge in [-0.05, 0) is 48.7 Å². The maximum Gasteiger partial charge on any atom is 0.339 e. The van der Waals surface area contributed by atoms with Gasteiger partial charge in [-0.1, -0.05) is 17.7 Å². The summed E-state index contributed by atoms with van der Waals surface area (Å²) in [6, 6.07) is 12.6. The van der Waals surface area contributed by atoms with E-state index in [1.165, 1.54) is 0 Å². The molecule has 10 heteroatoms. The fraction of sp³-hybridized carbons (Fsp3) is 0.136. The second kappa shape index (κ2) is 8.52. The second-order valence-corrected chi connectivity index (χ2v) is 8.20. The highest BCUT2D eigenvalue weighted by atomic mass is 35.5. The Morgan fingerprint density at radius 2 is 2.06 bits per heavy atom. The molecule has 0 saturated carbocycles. The summed E-state index contributed by atoms with van der Waals surface area (Å²) in [6.07, 6.45) is 1.63. The molecule has 5 aromatic rings. The standard InChI is InChI=1S/C22H16ClN5O3S/c1-2-28-20-16(11-24-28)15(10-17(25-20)18-4-3-9-32-18)22(29)30-12-19-26-27-21(31-19)13-5-7-14(23)8-6-13/h3-11H,2,12H2,1H3. The number of fused-ring (bicyclic) bond motifs is 1. The van der Waals surface area contributed by atoms with Crippen molar-refractivity contribution in [2.75, 3.05) is 0 Å². The number of esters is 1. The summed E-state index contributed by atoms with van der Waals surface area (Å²) in [7, 11) is 0. The van der Waals surface area contributed by atoms with Crippen molar-refractivity contribution in [3.05, 3.63) is 70.5 Å². The van der Waals surface area contributed by atoms with Gasteiger partial charge in [0.1, 0.15) is 0 Å². The number of hydrogen-bond acceptors (Lipinski definition) is 8. The molecular weight excluding hydrogens is 450 g/mol. The Morgan fingerprint density at radius 1 is 1.22 bits per heavy atom. The molecule has 32 heavy (non-hydrogen) atoms. The highest BCUT2D eigenvalue weighted by Crippen LogP contribution is 2.28. The Morgan fingerprint density at radius 3 is 2.81 bits per heavy atom. The van der Waals surface area contributed by atoms with E-state index in [9.17, 15) is 4.79 Å². The quantitative estimate of drug-likeness (QED) is 0.316. The lowest BCUT2D eigenvalue weighted by Gasteiger charge is -2.07. The van der Waals surface area contributed by atoms with Gasteiger partial charge in [-0.3, -0.25) is 0 Å². The molecule has 0 aliphatic carbocycles. The van der Waals surface area contributed by atoms with Gasteiger partial charge in [-0.2, -0.15) is 5.10 Å². The van der Waals surface area contributed by atoms with Gasteiger partial charge < -0.3 is 9.15 Å². The minimum Gasteiger partial charge on any atom is -0.452 e. The largest absolute Gasteiger partial charge is 0.452 e. The molecule has 160 valence electrons. The average Bonchev–Trinajstić information content (AvgIpc) is 3.58. The molecule has 0 radical (unpaired) electrons. The monoisotopic (exact) mass is 465 g/mol. The van der Waals surface area contributed by atoms with Gasteiger partial charge >= 0.3 is 5.97 Å². The third kappa shape index (κ3) is 3.88. The number of halogens is 1. The van der Waals surface area contributed by atoms with E-state index < -0.39 is 5.97 Å². The highest BCUT2D eigenvalue weighted by molar-refractivity contribution is 7.13. The predicted molar refractivity (Wildman–Crippen MR) is 120 cm³/mol. The molecule has 1 aromatic carbocycles. The highest BCUT2D eigenvalue weighted by Gasteiger charge is 2.20. The molecule has 0 atom stereocenters. The number of aromatic nitrogens is 5. The van der Waals surface area contributed by atoms with Crippen LogP contribution in [0.1, 0.15) is 23.2 Å². The lowest BCUT2D eigenvalue weighted by molar-refractivity contribution is 0.0441. The van der Waals surface area contributed by atoms with E-state index in [1.54, 1.807) is 52.5 Å². The van der Waals surface area contributed by atoms with Crippen LogP contribution in [-0.2, 0) is 17.9 Å². The van der Waals surface area contributed by atoms with E-state index >= 15 is 0 Å². The molecule has 0 unspecified atom stereocenters. The number of carbonyl (C=O) groups is 1. The van der Waals surface area contributed by atoms with Gasteiger partial charge in [-0.25, -0.2) is 14.5 Å². The van der Waals surface area contributed by atoms with Crippen LogP contribution in [0.25, 0.3) is 33.1 Å². The van der Waals surface area contributed by atoms with Gasteiger partial charge in [0.05, 0.1) is 27.7 Å². The minimum absolute atomic E-state index is 0.153. The van der Waals surface area contributed by atoms with E-state index in [1.807, 2.05) is 24.4 Å². The minimum atomic E-state index is -0.517. The van der Waals surface area contributed by atoms with Crippen LogP contribution in [0.3, 0.4) is 0 Å². The average molecular weight is 466 g/mol. The first-order chi connectivity index (χ1) is 15.6. The number of aryl methyl sites for hydroxylation is 1. The Labute approximate surface area is 191 Å². The number of benzene rings is 1. The molecule has 5 rings (SSSR count). The van der Waals surface area contributed by atoms with Crippen molar-refractivity contribution < 1.29 is 13.9 Å². The van der Waals surface area contributed by atoms with Gasteiger partial charge in [-0.15, -0.1) is 21.5 Å². The summed E-state index contributed by atoms with van der Waals surface area (Å²) in [5.41, 5.74) is 2.43. The van der Waals surface area contributed by atoms with Crippen LogP contribution in [0.15, 0.2) is 58.5 Å². The van der Waals surface area contributed by atoms with Crippen molar-refractivity contribution in [3.8, 4) is 22.0 Å². The van der Waals surface area contributed by atoms with Crippen molar-refractivity contribution in [2.45, 2.75) is 20.1 Å². The van der Waals surface area contributed by atoms with Crippen molar-refractivity contribution in [1.29, 1.82) is 0 Å². The smallest absolute Gasteiger partial charge is 0.339 e. The van der Waals surface area contributed by atoms with Gasteiger partial charge in [0.25, 0.3) is 5.89 Å². The fourth-order valence-corrected chi connectivity index (χ4v) is 4.04. The first-order valence-electron chi connectivity index (χ1n) is 9.78. The van der Waals surface area contributed by atoms with Crippen LogP contribution in [-0.4, -0.2) is 30.9 Å². The molecular formula is C22H16ClN5O3S. The van der Waals surface area contributed by atoms with E-state index in [2.05, 4.69) is 15.3 Å². The fourth-order valence-electron chi connectivity index (χ4n) is 3.22. The first kappa shape index (κ1) is 20.3. The zero-order valence-corrected chi connectivity index (χ0v) is 18.4. The van der Waals surface area contributed by atoms with Crippen LogP contribution in [0.5, 0.6) is 0 Å². The van der Waals surface area contributed by atoms with Crippen LogP contribution in [0.4, 0.5) is 0 Å². The third-order valence-electron chi connectivity index (χ3n) is 4.79. The van der Waals surface area contributed by atoms with Crippen molar-refractivity contribution >= 4 is 39.9 Å². The molecule has 0 aliphatic heterocycles. The Hall–Kier alpha value is -3.56. The molecule has 0 aliphatic rings. The Kier molecular flexibility index (Phi) is 5.42. The van der Waals surface area contributed by atoms with Crippen molar-refractivity contribution in [3.63, 3.8) is 0 Å². The number of rotatable bonds is 6. The summed E-state index contributed by atoms with van der Waals surface area (Å²) in [4.78, 5) is 18.6. The number of pyridine rings is 1. The lowest BCUT2D eigenvalue weighted by atomic mass is 10.1. The van der Waals surface area contributed by atoms with E-state index in [4.69, 9.17) is 25.7 Å². The number of nitrogens with zero attached hydrogens (tertiary/aromatic N) is 5. The van der Waals surface area contributed by atoms with E-state index in [-0.39, 0.29) is 12.5 Å². The molecule has 4 aromatic heterocycles. The summed E-state index contributed by atoms with van der Waals surface area (Å²) < 4.78 is 12.9. The topological polar surface area (TPSA) is 95.9 Å². The molecule has 0 saturated heterocycles. The molecule has 4 heterocycles.